The first kappa shape index (κ1) is 25.7. The molecule has 0 amide bonds. The Bertz CT molecular complexity index is 860. The van der Waals surface area contributed by atoms with Crippen LogP contribution in [0, 0.1) is 0 Å². The second-order valence-corrected chi connectivity index (χ2v) is 13.2. The van der Waals surface area contributed by atoms with E-state index in [9.17, 15) is 0 Å². The molecule has 2 aromatic rings. The van der Waals surface area contributed by atoms with Crippen LogP contribution in [0.4, 0.5) is 0 Å². The minimum Gasteiger partial charge on any atom is -0.305 e. The highest BCUT2D eigenvalue weighted by atomic mass is 28.3. The van der Waals surface area contributed by atoms with Crippen molar-refractivity contribution < 1.29 is 0 Å². The van der Waals surface area contributed by atoms with Crippen LogP contribution in [0.15, 0.2) is 83.5 Å². The molecule has 1 N–H and O–H groups in total. The standard InChI is InChI=1S/C31H45NSi/c1-26-25-31(4,28(3)27(26)2)32-23-17-9-7-5-6-8-10-18-24-33(29-19-13-11-14-20-29)30-21-15-12-16-22-30/h11-16,19-22,25,32-33H,5-10,17-18,23-24H2,1-4H3. The van der Waals surface area contributed by atoms with Crippen molar-refractivity contribution in [3.63, 3.8) is 0 Å². The van der Waals surface area contributed by atoms with Gasteiger partial charge in [-0.25, -0.2) is 0 Å². The molecule has 2 aromatic carbocycles. The molecule has 0 radical (unpaired) electrons. The number of hydrogen-bond acceptors (Lipinski definition) is 1. The van der Waals surface area contributed by atoms with Gasteiger partial charge >= 0.3 is 0 Å². The van der Waals surface area contributed by atoms with Crippen molar-refractivity contribution in [2.75, 3.05) is 6.54 Å². The van der Waals surface area contributed by atoms with Gasteiger partial charge in [0.1, 0.15) is 8.80 Å². The van der Waals surface area contributed by atoms with Gasteiger partial charge in [-0.2, -0.15) is 0 Å². The van der Waals surface area contributed by atoms with Gasteiger partial charge in [-0.15, -0.1) is 0 Å². The van der Waals surface area contributed by atoms with E-state index in [0.29, 0.717) is 0 Å². The van der Waals surface area contributed by atoms with Crippen LogP contribution in [0.3, 0.4) is 0 Å². The van der Waals surface area contributed by atoms with Crippen LogP contribution in [-0.4, -0.2) is 20.9 Å². The maximum absolute atomic E-state index is 3.79. The van der Waals surface area contributed by atoms with Crippen LogP contribution in [0.2, 0.25) is 6.04 Å². The smallest absolute Gasteiger partial charge is 0.103 e. The fourth-order valence-corrected chi connectivity index (χ4v) is 8.42. The maximum Gasteiger partial charge on any atom is 0.103 e. The zero-order chi connectivity index (χ0) is 23.5. The quantitative estimate of drug-likeness (QED) is 0.242. The summed E-state index contributed by atoms with van der Waals surface area (Å²) in [6.07, 6.45) is 13.4. The molecule has 1 atom stereocenters. The van der Waals surface area contributed by atoms with E-state index < -0.39 is 8.80 Å². The summed E-state index contributed by atoms with van der Waals surface area (Å²) < 4.78 is 0. The molecule has 0 fully saturated rings. The van der Waals surface area contributed by atoms with E-state index in [1.165, 1.54) is 74.1 Å². The molecule has 2 heteroatoms. The second kappa shape index (κ2) is 13.1. The summed E-state index contributed by atoms with van der Waals surface area (Å²) in [6.45, 7) is 10.2. The summed E-state index contributed by atoms with van der Waals surface area (Å²) in [5.41, 5.74) is 4.47. The molecule has 0 aliphatic heterocycles. The Morgan fingerprint density at radius 1 is 0.667 bits per heavy atom. The Labute approximate surface area is 205 Å². The molecule has 1 aliphatic rings. The van der Waals surface area contributed by atoms with Crippen molar-refractivity contribution in [3.8, 4) is 0 Å². The molecule has 1 nitrogen and oxygen atoms in total. The van der Waals surface area contributed by atoms with Crippen molar-refractivity contribution in [3.05, 3.63) is 83.5 Å². The largest absolute Gasteiger partial charge is 0.305 e. The van der Waals surface area contributed by atoms with Gasteiger partial charge in [0.25, 0.3) is 0 Å². The summed E-state index contributed by atoms with van der Waals surface area (Å²) in [4.78, 5) is 0. The van der Waals surface area contributed by atoms with Crippen molar-refractivity contribution in [1.29, 1.82) is 0 Å². The fraction of sp³-hybridized carbons (Fsp3) is 0.484. The van der Waals surface area contributed by atoms with Gasteiger partial charge in [0.2, 0.25) is 0 Å². The van der Waals surface area contributed by atoms with E-state index in [1.54, 1.807) is 10.4 Å². The molecule has 0 saturated carbocycles. The Morgan fingerprint density at radius 2 is 1.15 bits per heavy atom. The van der Waals surface area contributed by atoms with Crippen LogP contribution in [0.25, 0.3) is 0 Å². The second-order valence-electron chi connectivity index (χ2n) is 10.2. The molecule has 0 bridgehead atoms. The Balaban J connectivity index is 1.26. The van der Waals surface area contributed by atoms with Crippen molar-refractivity contribution in [1.82, 2.24) is 5.32 Å². The molecular weight excluding hydrogens is 414 g/mol. The third kappa shape index (κ3) is 7.55. The van der Waals surface area contributed by atoms with E-state index in [4.69, 9.17) is 0 Å². The van der Waals surface area contributed by atoms with E-state index in [1.807, 2.05) is 0 Å². The molecule has 0 heterocycles. The van der Waals surface area contributed by atoms with E-state index in [2.05, 4.69) is 99.8 Å². The Hall–Kier alpha value is -1.90. The number of unbranched alkanes of at least 4 members (excludes halogenated alkanes) is 7. The SMILES string of the molecule is CC1=CC(C)(NCCCCCCCCCC[SiH](c2ccccc2)c2ccccc2)C(C)=C1C. The molecule has 1 unspecified atom stereocenters. The fourth-order valence-electron chi connectivity index (χ4n) is 5.30. The van der Waals surface area contributed by atoms with Crippen LogP contribution in [0.5, 0.6) is 0 Å². The molecule has 0 spiro atoms. The van der Waals surface area contributed by atoms with Crippen molar-refractivity contribution >= 4 is 19.2 Å². The van der Waals surface area contributed by atoms with E-state index in [-0.39, 0.29) is 5.54 Å². The molecule has 0 aromatic heterocycles. The predicted octanol–water partition coefficient (Wildman–Crippen LogP) is 6.79. The third-order valence-electron chi connectivity index (χ3n) is 7.75. The lowest BCUT2D eigenvalue weighted by atomic mass is 9.95. The number of hydrogen-bond donors (Lipinski definition) is 1. The summed E-state index contributed by atoms with van der Waals surface area (Å²) in [7, 11) is -1.07. The summed E-state index contributed by atoms with van der Waals surface area (Å²) in [5.74, 6) is 0. The number of rotatable bonds is 14. The Kier molecular flexibility index (Phi) is 10.2. The van der Waals surface area contributed by atoms with Crippen LogP contribution in [0.1, 0.15) is 79.1 Å². The van der Waals surface area contributed by atoms with Gasteiger partial charge in [-0.05, 0) is 51.8 Å². The summed E-state index contributed by atoms with van der Waals surface area (Å²) in [5, 5.41) is 6.98. The average Bonchev–Trinajstić information content (AvgIpc) is 3.03. The topological polar surface area (TPSA) is 12.0 Å². The Morgan fingerprint density at radius 3 is 1.64 bits per heavy atom. The van der Waals surface area contributed by atoms with Gasteiger partial charge in [-0.3, -0.25) is 0 Å². The van der Waals surface area contributed by atoms with Gasteiger partial charge in [0, 0.05) is 0 Å². The van der Waals surface area contributed by atoms with Crippen LogP contribution >= 0.6 is 0 Å². The highest BCUT2D eigenvalue weighted by molar-refractivity contribution is 6.85. The lowest BCUT2D eigenvalue weighted by molar-refractivity contribution is 0.478. The summed E-state index contributed by atoms with van der Waals surface area (Å²) in [6, 6.07) is 23.9. The molecule has 1 aliphatic carbocycles. The first-order valence-corrected chi connectivity index (χ1v) is 15.2. The van der Waals surface area contributed by atoms with Gasteiger partial charge < -0.3 is 5.32 Å². The normalized spacial score (nSPS) is 18.3. The van der Waals surface area contributed by atoms with Crippen molar-refractivity contribution in [2.24, 2.45) is 0 Å². The van der Waals surface area contributed by atoms with E-state index >= 15 is 0 Å². The first-order valence-electron chi connectivity index (χ1n) is 13.2. The predicted molar refractivity (Wildman–Crippen MR) is 150 cm³/mol. The molecule has 3 rings (SSSR count). The third-order valence-corrected chi connectivity index (χ3v) is 11.1. The van der Waals surface area contributed by atoms with Gasteiger partial charge in [-0.1, -0.05) is 134 Å². The van der Waals surface area contributed by atoms with Gasteiger partial charge in [0.15, 0.2) is 0 Å². The highest BCUT2D eigenvalue weighted by Crippen LogP contribution is 2.33. The average molecular weight is 460 g/mol. The van der Waals surface area contributed by atoms with Crippen LogP contribution < -0.4 is 15.7 Å². The zero-order valence-corrected chi connectivity index (χ0v) is 22.7. The lowest BCUT2D eigenvalue weighted by Crippen LogP contribution is -2.41. The maximum atomic E-state index is 3.79. The minimum atomic E-state index is -1.07. The van der Waals surface area contributed by atoms with Crippen LogP contribution in [-0.2, 0) is 0 Å². The minimum absolute atomic E-state index is 0.0782. The van der Waals surface area contributed by atoms with Crippen molar-refractivity contribution in [2.45, 2.75) is 90.6 Å². The molecule has 178 valence electrons. The molecule has 0 saturated heterocycles. The monoisotopic (exact) mass is 459 g/mol. The number of benzene rings is 2. The lowest BCUT2D eigenvalue weighted by Gasteiger charge is -2.26. The molecule has 33 heavy (non-hydrogen) atoms. The molecular formula is C31H45NSi. The number of nitrogens with one attached hydrogen (secondary N) is 1. The van der Waals surface area contributed by atoms with E-state index in [0.717, 1.165) is 6.54 Å². The highest BCUT2D eigenvalue weighted by Gasteiger charge is 2.29. The first-order chi connectivity index (χ1) is 16.0. The number of allylic oxidation sites excluding steroid dienone is 2. The van der Waals surface area contributed by atoms with Gasteiger partial charge in [0.05, 0.1) is 5.54 Å². The zero-order valence-electron chi connectivity index (χ0n) is 21.5. The summed E-state index contributed by atoms with van der Waals surface area (Å²) >= 11 is 0.